The lowest BCUT2D eigenvalue weighted by molar-refractivity contribution is 0.0715. The molecule has 0 spiro atoms. The van der Waals surface area contributed by atoms with Gasteiger partial charge in [0.15, 0.2) is 0 Å². The molecule has 1 aromatic heterocycles. The summed E-state index contributed by atoms with van der Waals surface area (Å²) in [6.45, 7) is 0.241. The van der Waals surface area contributed by atoms with Crippen molar-refractivity contribution in [2.75, 3.05) is 6.54 Å². The van der Waals surface area contributed by atoms with Crippen molar-refractivity contribution in [1.29, 1.82) is 0 Å². The number of aliphatic hydroxyl groups excluding tert-OH is 1. The first kappa shape index (κ1) is 12.9. The highest BCUT2D eigenvalue weighted by atomic mass is 19.1. The summed E-state index contributed by atoms with van der Waals surface area (Å²) in [4.78, 5) is 13.9. The van der Waals surface area contributed by atoms with Gasteiger partial charge in [0, 0.05) is 6.54 Å². The number of furan rings is 1. The Hall–Kier alpha value is -2.14. The second-order valence-corrected chi connectivity index (χ2v) is 4.93. The van der Waals surface area contributed by atoms with Crippen LogP contribution in [0.3, 0.4) is 0 Å². The van der Waals surface area contributed by atoms with E-state index < -0.39 is 6.10 Å². The van der Waals surface area contributed by atoms with Crippen LogP contribution in [-0.4, -0.2) is 28.6 Å². The number of β-amino-alcohol motifs (C(OH)–C–C–N with tert-alkyl or cyclic N) is 1. The third-order valence-electron chi connectivity index (χ3n) is 3.54. The first-order valence-corrected chi connectivity index (χ1v) is 6.42. The highest BCUT2D eigenvalue weighted by Gasteiger charge is 2.36. The number of hydrogen-bond acceptors (Lipinski definition) is 3. The lowest BCUT2D eigenvalue weighted by Crippen LogP contribution is -2.31. The highest BCUT2D eigenvalue weighted by Crippen LogP contribution is 2.33. The zero-order chi connectivity index (χ0) is 14.1. The number of likely N-dealkylation sites (tertiary alicyclic amines) is 1. The van der Waals surface area contributed by atoms with Crippen molar-refractivity contribution >= 4 is 5.91 Å². The molecule has 1 fully saturated rings. The van der Waals surface area contributed by atoms with Gasteiger partial charge < -0.3 is 14.4 Å². The molecule has 3 rings (SSSR count). The molecular formula is C15H14FNO3. The standard InChI is InChI=1S/C15H14FNO3/c16-12-3-1-2-10(6-12)14-7-13(18)8-17(14)15(19)11-4-5-20-9-11/h1-6,9,13-14,18H,7-8H2/t13-,14+/m0/s1. The van der Waals surface area contributed by atoms with Crippen LogP contribution in [0.25, 0.3) is 0 Å². The third kappa shape index (κ3) is 2.32. The predicted molar refractivity (Wildman–Crippen MR) is 69.5 cm³/mol. The minimum atomic E-state index is -0.598. The number of carbonyl (C=O) groups is 1. The molecule has 2 atom stereocenters. The van der Waals surface area contributed by atoms with Crippen LogP contribution < -0.4 is 0 Å². The summed E-state index contributed by atoms with van der Waals surface area (Å²) in [6, 6.07) is 7.39. The molecule has 1 aromatic carbocycles. The first-order chi connectivity index (χ1) is 9.65. The number of hydrogen-bond donors (Lipinski definition) is 1. The summed E-state index contributed by atoms with van der Waals surface area (Å²) >= 11 is 0. The van der Waals surface area contributed by atoms with Crippen LogP contribution in [-0.2, 0) is 0 Å². The Balaban J connectivity index is 1.91. The van der Waals surface area contributed by atoms with Gasteiger partial charge in [0.25, 0.3) is 5.91 Å². The lowest BCUT2D eigenvalue weighted by atomic mass is 10.0. The zero-order valence-electron chi connectivity index (χ0n) is 10.7. The molecule has 1 aliphatic heterocycles. The maximum atomic E-state index is 13.3. The van der Waals surface area contributed by atoms with E-state index in [1.807, 2.05) is 0 Å². The Bertz CT molecular complexity index is 611. The molecule has 104 valence electrons. The number of amides is 1. The maximum Gasteiger partial charge on any atom is 0.257 e. The normalized spacial score (nSPS) is 22.2. The molecule has 0 unspecified atom stereocenters. The number of rotatable bonds is 2. The van der Waals surface area contributed by atoms with Gasteiger partial charge in [-0.15, -0.1) is 0 Å². The van der Waals surface area contributed by atoms with E-state index in [2.05, 4.69) is 0 Å². The van der Waals surface area contributed by atoms with Crippen LogP contribution in [0.4, 0.5) is 4.39 Å². The Labute approximate surface area is 115 Å². The minimum absolute atomic E-state index is 0.218. The van der Waals surface area contributed by atoms with Gasteiger partial charge in [-0.25, -0.2) is 4.39 Å². The summed E-state index contributed by atoms with van der Waals surface area (Å²) in [5, 5.41) is 9.84. The van der Waals surface area contributed by atoms with E-state index in [0.29, 0.717) is 17.5 Å². The quantitative estimate of drug-likeness (QED) is 0.915. The molecule has 0 bridgehead atoms. The molecule has 1 amide bonds. The van der Waals surface area contributed by atoms with Gasteiger partial charge in [-0.1, -0.05) is 12.1 Å². The molecule has 1 aliphatic rings. The molecule has 0 aliphatic carbocycles. The van der Waals surface area contributed by atoms with Crippen molar-refractivity contribution in [2.24, 2.45) is 0 Å². The van der Waals surface area contributed by atoms with Gasteiger partial charge in [0.05, 0.1) is 24.0 Å². The van der Waals surface area contributed by atoms with Crippen LogP contribution >= 0.6 is 0 Å². The lowest BCUT2D eigenvalue weighted by Gasteiger charge is -2.24. The Morgan fingerprint density at radius 2 is 2.25 bits per heavy atom. The number of aliphatic hydroxyl groups is 1. The van der Waals surface area contributed by atoms with Crippen LogP contribution in [0.2, 0.25) is 0 Å². The molecule has 1 saturated heterocycles. The average Bonchev–Trinajstić information content (AvgIpc) is 3.07. The third-order valence-corrected chi connectivity index (χ3v) is 3.54. The summed E-state index contributed by atoms with van der Waals surface area (Å²) in [7, 11) is 0. The Morgan fingerprint density at radius 1 is 1.40 bits per heavy atom. The molecule has 2 aromatic rings. The minimum Gasteiger partial charge on any atom is -0.472 e. The topological polar surface area (TPSA) is 53.7 Å². The van der Waals surface area contributed by atoms with E-state index in [1.165, 1.54) is 24.7 Å². The number of benzene rings is 1. The Morgan fingerprint density at radius 3 is 2.95 bits per heavy atom. The fraction of sp³-hybridized carbons (Fsp3) is 0.267. The first-order valence-electron chi connectivity index (χ1n) is 6.42. The van der Waals surface area contributed by atoms with Gasteiger partial charge >= 0.3 is 0 Å². The SMILES string of the molecule is O=C(c1ccoc1)N1C[C@@H](O)C[C@@H]1c1cccc(F)c1. The average molecular weight is 275 g/mol. The molecule has 0 saturated carbocycles. The highest BCUT2D eigenvalue weighted by molar-refractivity contribution is 5.94. The van der Waals surface area contributed by atoms with Crippen molar-refractivity contribution in [1.82, 2.24) is 4.90 Å². The van der Waals surface area contributed by atoms with E-state index >= 15 is 0 Å². The van der Waals surface area contributed by atoms with Crippen LogP contribution in [0.1, 0.15) is 28.4 Å². The van der Waals surface area contributed by atoms with Crippen molar-refractivity contribution in [3.8, 4) is 0 Å². The summed E-state index contributed by atoms with van der Waals surface area (Å²) in [5.74, 6) is -0.566. The largest absolute Gasteiger partial charge is 0.472 e. The van der Waals surface area contributed by atoms with Crippen molar-refractivity contribution in [3.63, 3.8) is 0 Å². The van der Waals surface area contributed by atoms with E-state index in [-0.39, 0.29) is 24.3 Å². The number of nitrogens with zero attached hydrogens (tertiary/aromatic N) is 1. The molecule has 2 heterocycles. The Kier molecular flexibility index (Phi) is 3.28. The van der Waals surface area contributed by atoms with Gasteiger partial charge in [0.1, 0.15) is 12.1 Å². The van der Waals surface area contributed by atoms with Crippen molar-refractivity contribution < 1.29 is 18.7 Å². The van der Waals surface area contributed by atoms with Gasteiger partial charge in [0.2, 0.25) is 0 Å². The van der Waals surface area contributed by atoms with Gasteiger partial charge in [-0.3, -0.25) is 4.79 Å². The van der Waals surface area contributed by atoms with Crippen LogP contribution in [0.5, 0.6) is 0 Å². The van der Waals surface area contributed by atoms with Crippen LogP contribution in [0, 0.1) is 5.82 Å². The predicted octanol–water partition coefficient (Wildman–Crippen LogP) is 2.37. The number of carbonyl (C=O) groups excluding carboxylic acids is 1. The molecule has 5 heteroatoms. The van der Waals surface area contributed by atoms with Crippen molar-refractivity contribution in [3.05, 3.63) is 59.8 Å². The summed E-state index contributed by atoms with van der Waals surface area (Å²) in [5.41, 5.74) is 1.12. The fourth-order valence-electron chi connectivity index (χ4n) is 2.62. The molecular weight excluding hydrogens is 261 g/mol. The van der Waals surface area contributed by atoms with Gasteiger partial charge in [-0.2, -0.15) is 0 Å². The summed E-state index contributed by atoms with van der Waals surface area (Å²) < 4.78 is 18.3. The molecule has 1 N–H and O–H groups in total. The summed E-state index contributed by atoms with van der Waals surface area (Å²) in [6.07, 6.45) is 2.61. The van der Waals surface area contributed by atoms with E-state index in [1.54, 1.807) is 23.1 Å². The van der Waals surface area contributed by atoms with Crippen molar-refractivity contribution in [2.45, 2.75) is 18.6 Å². The number of halogens is 1. The van der Waals surface area contributed by atoms with E-state index in [4.69, 9.17) is 4.42 Å². The monoisotopic (exact) mass is 275 g/mol. The molecule has 4 nitrogen and oxygen atoms in total. The zero-order valence-corrected chi connectivity index (χ0v) is 10.7. The second kappa shape index (κ2) is 5.09. The fourth-order valence-corrected chi connectivity index (χ4v) is 2.62. The van der Waals surface area contributed by atoms with E-state index in [9.17, 15) is 14.3 Å². The second-order valence-electron chi connectivity index (χ2n) is 4.93. The maximum absolute atomic E-state index is 13.3. The molecule has 0 radical (unpaired) electrons. The van der Waals surface area contributed by atoms with E-state index in [0.717, 1.165) is 0 Å². The van der Waals surface area contributed by atoms with Crippen LogP contribution in [0.15, 0.2) is 47.3 Å². The molecule has 20 heavy (non-hydrogen) atoms. The van der Waals surface area contributed by atoms with Gasteiger partial charge in [-0.05, 0) is 30.2 Å². The smallest absolute Gasteiger partial charge is 0.257 e.